The maximum atomic E-state index is 11.8. The first-order valence-corrected chi connectivity index (χ1v) is 6.28. The highest BCUT2D eigenvalue weighted by molar-refractivity contribution is 6.01. The number of carbonyl (C=O) groups is 2. The third kappa shape index (κ3) is 2.82. The molecule has 1 aromatic carbocycles. The molecule has 0 saturated heterocycles. The van der Waals surface area contributed by atoms with Crippen LogP contribution >= 0.6 is 0 Å². The lowest BCUT2D eigenvalue weighted by atomic mass is 9.97. The highest BCUT2D eigenvalue weighted by atomic mass is 16.6. The molecule has 0 fully saturated rings. The SMILES string of the molecule is COC(=O)CCC1OC(=O)C(OC)=C1c1ccccc1. The number of hydrogen-bond acceptors (Lipinski definition) is 5. The molecule has 0 saturated carbocycles. The lowest BCUT2D eigenvalue weighted by Gasteiger charge is -2.13. The summed E-state index contributed by atoms with van der Waals surface area (Å²) in [6.07, 6.45) is 0.0658. The second-order valence-electron chi connectivity index (χ2n) is 4.32. The number of hydrogen-bond donors (Lipinski definition) is 0. The first-order chi connectivity index (χ1) is 9.67. The van der Waals surface area contributed by atoms with E-state index >= 15 is 0 Å². The topological polar surface area (TPSA) is 61.8 Å². The summed E-state index contributed by atoms with van der Waals surface area (Å²) in [7, 11) is 2.76. The van der Waals surface area contributed by atoms with Gasteiger partial charge in [-0.15, -0.1) is 0 Å². The molecule has 106 valence electrons. The van der Waals surface area contributed by atoms with Crippen LogP contribution in [0.15, 0.2) is 36.1 Å². The minimum atomic E-state index is -0.499. The molecular weight excluding hydrogens is 260 g/mol. The fraction of sp³-hybridized carbons (Fsp3) is 0.333. The normalized spacial score (nSPS) is 17.9. The van der Waals surface area contributed by atoms with Gasteiger partial charge in [-0.05, 0) is 12.0 Å². The van der Waals surface area contributed by atoms with Crippen molar-refractivity contribution in [2.75, 3.05) is 14.2 Å². The van der Waals surface area contributed by atoms with Crippen LogP contribution in [-0.2, 0) is 23.8 Å². The van der Waals surface area contributed by atoms with Gasteiger partial charge in [0.05, 0.1) is 14.2 Å². The molecule has 1 aliphatic heterocycles. The van der Waals surface area contributed by atoms with E-state index in [-0.39, 0.29) is 18.1 Å². The van der Waals surface area contributed by atoms with Crippen LogP contribution in [0.25, 0.3) is 5.57 Å². The summed E-state index contributed by atoms with van der Waals surface area (Å²) in [6.45, 7) is 0. The lowest BCUT2D eigenvalue weighted by molar-refractivity contribution is -0.145. The van der Waals surface area contributed by atoms with E-state index in [1.54, 1.807) is 0 Å². The van der Waals surface area contributed by atoms with Crippen molar-refractivity contribution < 1.29 is 23.8 Å². The molecule has 1 unspecified atom stereocenters. The van der Waals surface area contributed by atoms with Crippen molar-refractivity contribution in [3.05, 3.63) is 41.7 Å². The van der Waals surface area contributed by atoms with Gasteiger partial charge in [-0.2, -0.15) is 0 Å². The number of ether oxygens (including phenoxy) is 3. The van der Waals surface area contributed by atoms with Crippen molar-refractivity contribution >= 4 is 17.5 Å². The fourth-order valence-electron chi connectivity index (χ4n) is 2.18. The number of carbonyl (C=O) groups excluding carboxylic acids is 2. The Labute approximate surface area is 117 Å². The maximum Gasteiger partial charge on any atom is 0.374 e. The van der Waals surface area contributed by atoms with Gasteiger partial charge in [0.1, 0.15) is 6.10 Å². The number of benzene rings is 1. The van der Waals surface area contributed by atoms with Crippen molar-refractivity contribution in [2.24, 2.45) is 0 Å². The van der Waals surface area contributed by atoms with E-state index in [9.17, 15) is 9.59 Å². The van der Waals surface area contributed by atoms with Crippen LogP contribution < -0.4 is 0 Å². The number of rotatable bonds is 5. The molecule has 20 heavy (non-hydrogen) atoms. The Morgan fingerprint density at radius 2 is 1.95 bits per heavy atom. The molecule has 0 aromatic heterocycles. The highest BCUT2D eigenvalue weighted by Gasteiger charge is 2.36. The Bertz CT molecular complexity index is 532. The van der Waals surface area contributed by atoms with Gasteiger partial charge in [-0.25, -0.2) is 4.79 Å². The molecular formula is C15H16O5. The van der Waals surface area contributed by atoms with Gasteiger partial charge in [0.2, 0.25) is 5.76 Å². The van der Waals surface area contributed by atoms with Crippen LogP contribution in [-0.4, -0.2) is 32.3 Å². The van der Waals surface area contributed by atoms with E-state index in [4.69, 9.17) is 9.47 Å². The first kappa shape index (κ1) is 14.1. The van der Waals surface area contributed by atoms with E-state index in [0.29, 0.717) is 12.0 Å². The third-order valence-electron chi connectivity index (χ3n) is 3.13. The minimum absolute atomic E-state index is 0.182. The van der Waals surface area contributed by atoms with E-state index in [2.05, 4.69) is 4.74 Å². The van der Waals surface area contributed by atoms with Crippen LogP contribution in [0, 0.1) is 0 Å². The molecule has 1 heterocycles. The molecule has 5 nitrogen and oxygen atoms in total. The summed E-state index contributed by atoms with van der Waals surface area (Å²) in [6, 6.07) is 9.38. The largest absolute Gasteiger partial charge is 0.490 e. The summed E-state index contributed by atoms with van der Waals surface area (Å²) < 4.78 is 15.0. The average molecular weight is 276 g/mol. The predicted octanol–water partition coefficient (Wildman–Crippen LogP) is 1.92. The Hall–Kier alpha value is -2.30. The van der Waals surface area contributed by atoms with Gasteiger partial charge in [-0.1, -0.05) is 30.3 Å². The molecule has 0 spiro atoms. The van der Waals surface area contributed by atoms with Crippen molar-refractivity contribution in [2.45, 2.75) is 18.9 Å². The van der Waals surface area contributed by atoms with Gasteiger partial charge in [-0.3, -0.25) is 4.79 Å². The van der Waals surface area contributed by atoms with Crippen molar-refractivity contribution in [3.8, 4) is 0 Å². The zero-order chi connectivity index (χ0) is 14.5. The molecule has 0 aliphatic carbocycles. The quantitative estimate of drug-likeness (QED) is 0.769. The Kier molecular flexibility index (Phi) is 4.40. The van der Waals surface area contributed by atoms with Gasteiger partial charge in [0.25, 0.3) is 0 Å². The number of methoxy groups -OCH3 is 2. The van der Waals surface area contributed by atoms with Gasteiger partial charge in [0, 0.05) is 12.0 Å². The van der Waals surface area contributed by atoms with Gasteiger partial charge in [0.15, 0.2) is 0 Å². The molecule has 0 bridgehead atoms. The van der Waals surface area contributed by atoms with Gasteiger partial charge >= 0.3 is 11.9 Å². The van der Waals surface area contributed by atoms with Crippen LogP contribution in [0.3, 0.4) is 0 Å². The monoisotopic (exact) mass is 276 g/mol. The zero-order valence-corrected chi connectivity index (χ0v) is 11.4. The average Bonchev–Trinajstić information content (AvgIpc) is 2.81. The van der Waals surface area contributed by atoms with E-state index in [1.165, 1.54) is 14.2 Å². The second kappa shape index (κ2) is 6.23. The van der Waals surface area contributed by atoms with Crippen molar-refractivity contribution in [1.29, 1.82) is 0 Å². The molecule has 5 heteroatoms. The van der Waals surface area contributed by atoms with Crippen LogP contribution in [0.2, 0.25) is 0 Å². The fourth-order valence-corrected chi connectivity index (χ4v) is 2.18. The molecule has 1 aromatic rings. The lowest BCUT2D eigenvalue weighted by Crippen LogP contribution is -2.14. The van der Waals surface area contributed by atoms with Crippen LogP contribution in [0.1, 0.15) is 18.4 Å². The van der Waals surface area contributed by atoms with E-state index in [0.717, 1.165) is 5.56 Å². The summed E-state index contributed by atoms with van der Waals surface area (Å²) in [5.41, 5.74) is 1.53. The summed E-state index contributed by atoms with van der Waals surface area (Å²) >= 11 is 0. The summed E-state index contributed by atoms with van der Waals surface area (Å²) in [5, 5.41) is 0. The van der Waals surface area contributed by atoms with E-state index in [1.807, 2.05) is 30.3 Å². The molecule has 0 amide bonds. The van der Waals surface area contributed by atoms with Crippen molar-refractivity contribution in [1.82, 2.24) is 0 Å². The minimum Gasteiger partial charge on any atom is -0.490 e. The Morgan fingerprint density at radius 3 is 2.55 bits per heavy atom. The third-order valence-corrected chi connectivity index (χ3v) is 3.13. The molecule has 0 radical (unpaired) electrons. The summed E-state index contributed by atoms with van der Waals surface area (Å²) in [4.78, 5) is 23.0. The van der Waals surface area contributed by atoms with E-state index < -0.39 is 12.1 Å². The second-order valence-corrected chi connectivity index (χ2v) is 4.32. The number of cyclic esters (lactones) is 1. The smallest absolute Gasteiger partial charge is 0.374 e. The molecule has 0 N–H and O–H groups in total. The van der Waals surface area contributed by atoms with Crippen LogP contribution in [0.4, 0.5) is 0 Å². The predicted molar refractivity (Wildman–Crippen MR) is 71.5 cm³/mol. The number of esters is 2. The molecule has 2 rings (SSSR count). The Balaban J connectivity index is 2.27. The highest BCUT2D eigenvalue weighted by Crippen LogP contribution is 2.34. The Morgan fingerprint density at radius 1 is 1.25 bits per heavy atom. The van der Waals surface area contributed by atoms with Crippen LogP contribution in [0.5, 0.6) is 0 Å². The molecule has 1 atom stereocenters. The van der Waals surface area contributed by atoms with Gasteiger partial charge < -0.3 is 14.2 Å². The van der Waals surface area contributed by atoms with Crippen molar-refractivity contribution in [3.63, 3.8) is 0 Å². The summed E-state index contributed by atoms with van der Waals surface area (Å²) in [5.74, 6) is -0.633. The maximum absolute atomic E-state index is 11.8. The zero-order valence-electron chi connectivity index (χ0n) is 11.4. The molecule has 1 aliphatic rings. The standard InChI is InChI=1S/C15H16O5/c1-18-12(16)9-8-11-13(10-6-4-3-5-7-10)14(19-2)15(17)20-11/h3-7,11H,8-9H2,1-2H3. The first-order valence-electron chi connectivity index (χ1n) is 6.28.